The van der Waals surface area contributed by atoms with Crippen LogP contribution >= 0.6 is 0 Å². The van der Waals surface area contributed by atoms with Gasteiger partial charge < -0.3 is 16.0 Å². The summed E-state index contributed by atoms with van der Waals surface area (Å²) in [4.78, 5) is 14.8. The SMILES string of the molecule is CCC(CC)(CN)C(=O)NCC1CCN(C(C)C)C1. The van der Waals surface area contributed by atoms with Crippen LogP contribution in [0.5, 0.6) is 0 Å². The third kappa shape index (κ3) is 3.93. The van der Waals surface area contributed by atoms with E-state index in [1.807, 2.05) is 13.8 Å². The molecule has 0 aromatic carbocycles. The molecule has 1 amide bonds. The summed E-state index contributed by atoms with van der Waals surface area (Å²) in [5.74, 6) is 0.735. The van der Waals surface area contributed by atoms with Gasteiger partial charge in [-0.05, 0) is 45.6 Å². The summed E-state index contributed by atoms with van der Waals surface area (Å²) in [6, 6.07) is 0.607. The molecule has 0 aromatic rings. The summed E-state index contributed by atoms with van der Waals surface area (Å²) < 4.78 is 0. The summed E-state index contributed by atoms with van der Waals surface area (Å²) in [5.41, 5.74) is 5.44. The van der Waals surface area contributed by atoms with E-state index in [1.54, 1.807) is 0 Å². The highest BCUT2D eigenvalue weighted by atomic mass is 16.2. The molecule has 1 rings (SSSR count). The highest BCUT2D eigenvalue weighted by molar-refractivity contribution is 5.82. The molecule has 0 aromatic heterocycles. The van der Waals surface area contributed by atoms with Gasteiger partial charge in [-0.3, -0.25) is 4.79 Å². The zero-order valence-corrected chi connectivity index (χ0v) is 13.0. The van der Waals surface area contributed by atoms with Crippen molar-refractivity contribution in [3.8, 4) is 0 Å². The van der Waals surface area contributed by atoms with Crippen molar-refractivity contribution in [2.75, 3.05) is 26.2 Å². The van der Waals surface area contributed by atoms with Gasteiger partial charge in [0, 0.05) is 25.7 Å². The molecule has 1 aliphatic rings. The molecule has 0 aliphatic carbocycles. The molecular formula is C15H31N3O. The first-order chi connectivity index (χ1) is 8.99. The number of carbonyl (C=O) groups is 1. The Morgan fingerprint density at radius 3 is 2.47 bits per heavy atom. The molecule has 1 atom stereocenters. The fraction of sp³-hybridized carbons (Fsp3) is 0.933. The van der Waals surface area contributed by atoms with Crippen LogP contribution in [0.25, 0.3) is 0 Å². The van der Waals surface area contributed by atoms with E-state index in [9.17, 15) is 4.79 Å². The molecule has 3 N–H and O–H groups in total. The zero-order chi connectivity index (χ0) is 14.5. The van der Waals surface area contributed by atoms with E-state index in [-0.39, 0.29) is 11.3 Å². The van der Waals surface area contributed by atoms with E-state index in [1.165, 1.54) is 6.42 Å². The second-order valence-electron chi connectivity index (χ2n) is 6.14. The largest absolute Gasteiger partial charge is 0.355 e. The molecule has 4 heteroatoms. The second-order valence-corrected chi connectivity index (χ2v) is 6.14. The van der Waals surface area contributed by atoms with Crippen molar-refractivity contribution >= 4 is 5.91 Å². The Bertz CT molecular complexity index is 279. The molecule has 1 heterocycles. The maximum absolute atomic E-state index is 12.3. The smallest absolute Gasteiger partial charge is 0.227 e. The highest BCUT2D eigenvalue weighted by Gasteiger charge is 2.34. The average molecular weight is 269 g/mol. The number of nitrogens with two attached hydrogens (primary N) is 1. The first-order valence-corrected chi connectivity index (χ1v) is 7.71. The minimum Gasteiger partial charge on any atom is -0.355 e. The number of carbonyl (C=O) groups excluding carboxylic acids is 1. The topological polar surface area (TPSA) is 58.4 Å². The fourth-order valence-corrected chi connectivity index (χ4v) is 2.88. The van der Waals surface area contributed by atoms with Crippen molar-refractivity contribution < 1.29 is 4.79 Å². The first-order valence-electron chi connectivity index (χ1n) is 7.71. The molecule has 4 nitrogen and oxygen atoms in total. The Labute approximate surface area is 118 Å². The summed E-state index contributed by atoms with van der Waals surface area (Å²) in [5, 5.41) is 3.13. The third-order valence-electron chi connectivity index (χ3n) is 4.82. The average Bonchev–Trinajstić information content (AvgIpc) is 2.88. The molecule has 0 bridgehead atoms. The van der Waals surface area contributed by atoms with Crippen molar-refractivity contribution in [1.29, 1.82) is 0 Å². The quantitative estimate of drug-likeness (QED) is 0.738. The molecule has 0 radical (unpaired) electrons. The van der Waals surface area contributed by atoms with E-state index in [0.717, 1.165) is 32.5 Å². The number of rotatable bonds is 7. The lowest BCUT2D eigenvalue weighted by Crippen LogP contribution is -2.46. The van der Waals surface area contributed by atoms with Gasteiger partial charge in [-0.2, -0.15) is 0 Å². The van der Waals surface area contributed by atoms with Gasteiger partial charge in [-0.25, -0.2) is 0 Å². The van der Waals surface area contributed by atoms with Crippen LogP contribution in [0.15, 0.2) is 0 Å². The van der Waals surface area contributed by atoms with Crippen LogP contribution in [0, 0.1) is 11.3 Å². The molecular weight excluding hydrogens is 238 g/mol. The number of amides is 1. The number of nitrogens with zero attached hydrogens (tertiary/aromatic N) is 1. The van der Waals surface area contributed by atoms with Crippen LogP contribution in [0.4, 0.5) is 0 Å². The van der Waals surface area contributed by atoms with Crippen LogP contribution in [-0.4, -0.2) is 43.0 Å². The predicted molar refractivity (Wildman–Crippen MR) is 79.9 cm³/mol. The van der Waals surface area contributed by atoms with Gasteiger partial charge in [0.2, 0.25) is 5.91 Å². The minimum absolute atomic E-state index is 0.142. The number of hydrogen-bond acceptors (Lipinski definition) is 3. The van der Waals surface area contributed by atoms with Gasteiger partial charge in [-0.15, -0.1) is 0 Å². The maximum atomic E-state index is 12.3. The molecule has 1 saturated heterocycles. The summed E-state index contributed by atoms with van der Waals surface area (Å²) >= 11 is 0. The summed E-state index contributed by atoms with van der Waals surface area (Å²) in [6.45, 7) is 12.0. The molecule has 19 heavy (non-hydrogen) atoms. The Morgan fingerprint density at radius 2 is 2.05 bits per heavy atom. The van der Waals surface area contributed by atoms with E-state index < -0.39 is 0 Å². The van der Waals surface area contributed by atoms with E-state index in [0.29, 0.717) is 18.5 Å². The molecule has 0 spiro atoms. The number of likely N-dealkylation sites (tertiary alicyclic amines) is 1. The van der Waals surface area contributed by atoms with E-state index in [4.69, 9.17) is 5.73 Å². The number of hydrogen-bond donors (Lipinski definition) is 2. The Balaban J connectivity index is 2.43. The Kier molecular flexibility index (Phi) is 6.27. The van der Waals surface area contributed by atoms with Gasteiger partial charge in [0.15, 0.2) is 0 Å². The van der Waals surface area contributed by atoms with Crippen LogP contribution in [0.1, 0.15) is 47.0 Å². The van der Waals surface area contributed by atoms with Gasteiger partial charge in [0.05, 0.1) is 5.41 Å². The molecule has 112 valence electrons. The zero-order valence-electron chi connectivity index (χ0n) is 13.0. The summed E-state index contributed by atoms with van der Waals surface area (Å²) in [6.07, 6.45) is 2.82. The lowest BCUT2D eigenvalue weighted by Gasteiger charge is -2.29. The second kappa shape index (κ2) is 7.25. The lowest BCUT2D eigenvalue weighted by atomic mass is 9.81. The lowest BCUT2D eigenvalue weighted by molar-refractivity contribution is -0.131. The highest BCUT2D eigenvalue weighted by Crippen LogP contribution is 2.25. The first kappa shape index (κ1) is 16.4. The van der Waals surface area contributed by atoms with Crippen molar-refractivity contribution in [3.63, 3.8) is 0 Å². The standard InChI is InChI=1S/C15H31N3O/c1-5-15(6-2,11-16)14(19)17-9-13-7-8-18(10-13)12(3)4/h12-13H,5-11,16H2,1-4H3,(H,17,19). The Hall–Kier alpha value is -0.610. The van der Waals surface area contributed by atoms with Crippen molar-refractivity contribution in [3.05, 3.63) is 0 Å². The van der Waals surface area contributed by atoms with Crippen LogP contribution in [0.2, 0.25) is 0 Å². The van der Waals surface area contributed by atoms with E-state index in [2.05, 4.69) is 24.1 Å². The van der Waals surface area contributed by atoms with Gasteiger partial charge in [-0.1, -0.05) is 13.8 Å². The maximum Gasteiger partial charge on any atom is 0.227 e. The van der Waals surface area contributed by atoms with Crippen molar-refractivity contribution in [2.45, 2.75) is 53.0 Å². The minimum atomic E-state index is -0.365. The molecule has 1 aliphatic heterocycles. The predicted octanol–water partition coefficient (Wildman–Crippen LogP) is 1.60. The van der Waals surface area contributed by atoms with Gasteiger partial charge >= 0.3 is 0 Å². The number of nitrogens with one attached hydrogen (secondary N) is 1. The molecule has 1 fully saturated rings. The van der Waals surface area contributed by atoms with Crippen LogP contribution in [-0.2, 0) is 4.79 Å². The Morgan fingerprint density at radius 1 is 1.42 bits per heavy atom. The van der Waals surface area contributed by atoms with Crippen molar-refractivity contribution in [2.24, 2.45) is 17.1 Å². The van der Waals surface area contributed by atoms with Gasteiger partial charge in [0.25, 0.3) is 0 Å². The van der Waals surface area contributed by atoms with Crippen molar-refractivity contribution in [1.82, 2.24) is 10.2 Å². The third-order valence-corrected chi connectivity index (χ3v) is 4.82. The van der Waals surface area contributed by atoms with Gasteiger partial charge in [0.1, 0.15) is 0 Å². The molecule has 0 saturated carbocycles. The monoisotopic (exact) mass is 269 g/mol. The normalized spacial score (nSPS) is 21.1. The van der Waals surface area contributed by atoms with Crippen LogP contribution < -0.4 is 11.1 Å². The summed E-state index contributed by atoms with van der Waals surface area (Å²) in [7, 11) is 0. The molecule has 1 unspecified atom stereocenters. The van der Waals surface area contributed by atoms with Crippen LogP contribution in [0.3, 0.4) is 0 Å². The fourth-order valence-electron chi connectivity index (χ4n) is 2.88. The van der Waals surface area contributed by atoms with E-state index >= 15 is 0 Å².